The quantitative estimate of drug-likeness (QED) is 0.486. The van der Waals surface area contributed by atoms with Crippen molar-refractivity contribution in [1.29, 1.82) is 0 Å². The van der Waals surface area contributed by atoms with Gasteiger partial charge in [0.1, 0.15) is 5.82 Å². The molecule has 0 spiro atoms. The first-order valence-electron chi connectivity index (χ1n) is 8.54. The molecule has 0 bridgehead atoms. The molecule has 0 saturated carbocycles. The molecule has 0 N–H and O–H groups in total. The largest absolute Gasteiger partial charge is 0.309 e. The number of fused-ring (bicyclic) bond motifs is 2. The van der Waals surface area contributed by atoms with Gasteiger partial charge in [-0.3, -0.25) is 4.98 Å². The maximum atomic E-state index is 14.1. The number of rotatable bonds is 3. The lowest BCUT2D eigenvalue weighted by Crippen LogP contribution is -2.01. The van der Waals surface area contributed by atoms with Crippen molar-refractivity contribution in [3.05, 3.63) is 84.7 Å². The molecule has 130 valence electrons. The van der Waals surface area contributed by atoms with Crippen LogP contribution in [-0.4, -0.2) is 24.5 Å². The summed E-state index contributed by atoms with van der Waals surface area (Å²) in [5.41, 5.74) is 4.15. The molecule has 6 heteroatoms. The van der Waals surface area contributed by atoms with Crippen molar-refractivity contribution in [1.82, 2.24) is 24.5 Å². The lowest BCUT2D eigenvalue weighted by molar-refractivity contribution is 0.630. The summed E-state index contributed by atoms with van der Waals surface area (Å²) in [5, 5.41) is 1.08. The van der Waals surface area contributed by atoms with Gasteiger partial charge in [0.05, 0.1) is 30.3 Å². The summed E-state index contributed by atoms with van der Waals surface area (Å²) in [5.74, 6) is -0.320. The Morgan fingerprint density at radius 1 is 0.926 bits per heavy atom. The average molecular weight is 355 g/mol. The summed E-state index contributed by atoms with van der Waals surface area (Å²) in [6.07, 6.45) is 5.05. The number of imidazole rings is 1. The van der Waals surface area contributed by atoms with E-state index in [9.17, 15) is 4.39 Å². The molecule has 0 saturated heterocycles. The fraction of sp³-hybridized carbons (Fsp3) is 0.0476. The van der Waals surface area contributed by atoms with Crippen LogP contribution in [0, 0.1) is 5.82 Å². The standard InChI is InChI=1S/C21H14FN5/c22-17-6-2-1-5-16(17)19-11-24-20-21(26-19)27(13-25-20)12-14-7-8-18-15(10-14)4-3-9-23-18/h1-11,13H,12H2. The molecule has 2 aromatic carbocycles. The van der Waals surface area contributed by atoms with Crippen molar-refractivity contribution < 1.29 is 4.39 Å². The second kappa shape index (κ2) is 6.25. The van der Waals surface area contributed by atoms with Crippen molar-refractivity contribution in [3.63, 3.8) is 0 Å². The van der Waals surface area contributed by atoms with Crippen LogP contribution in [0.25, 0.3) is 33.5 Å². The summed E-state index contributed by atoms with van der Waals surface area (Å²) in [4.78, 5) is 17.6. The summed E-state index contributed by atoms with van der Waals surface area (Å²) in [7, 11) is 0. The lowest BCUT2D eigenvalue weighted by atomic mass is 10.1. The van der Waals surface area contributed by atoms with Gasteiger partial charge in [-0.25, -0.2) is 19.3 Å². The Kier molecular flexibility index (Phi) is 3.60. The Balaban J connectivity index is 1.56. The third-order valence-corrected chi connectivity index (χ3v) is 4.50. The molecule has 0 amide bonds. The number of hydrogen-bond acceptors (Lipinski definition) is 4. The van der Waals surface area contributed by atoms with Gasteiger partial charge in [-0.05, 0) is 35.9 Å². The van der Waals surface area contributed by atoms with Crippen LogP contribution >= 0.6 is 0 Å². The second-order valence-electron chi connectivity index (χ2n) is 6.29. The van der Waals surface area contributed by atoms with Crippen molar-refractivity contribution in [2.75, 3.05) is 0 Å². The maximum absolute atomic E-state index is 14.1. The highest BCUT2D eigenvalue weighted by molar-refractivity contribution is 5.79. The highest BCUT2D eigenvalue weighted by atomic mass is 19.1. The van der Waals surface area contributed by atoms with Gasteiger partial charge in [-0.1, -0.05) is 24.3 Å². The molecule has 3 aromatic heterocycles. The van der Waals surface area contributed by atoms with Crippen LogP contribution in [0.1, 0.15) is 5.56 Å². The molecule has 0 aliphatic rings. The zero-order valence-electron chi connectivity index (χ0n) is 14.2. The normalized spacial score (nSPS) is 11.3. The average Bonchev–Trinajstić information content (AvgIpc) is 3.10. The SMILES string of the molecule is Fc1ccccc1-c1cnc2ncn(Cc3ccc4ncccc4c3)c2n1. The summed E-state index contributed by atoms with van der Waals surface area (Å²) < 4.78 is 16.0. The fourth-order valence-corrected chi connectivity index (χ4v) is 3.17. The molecule has 0 radical (unpaired) electrons. The van der Waals surface area contributed by atoms with Gasteiger partial charge in [-0.15, -0.1) is 0 Å². The molecule has 0 aliphatic carbocycles. The molecule has 5 aromatic rings. The first-order chi connectivity index (χ1) is 13.3. The number of halogens is 1. The van der Waals surface area contributed by atoms with Crippen LogP contribution in [0.5, 0.6) is 0 Å². The second-order valence-corrected chi connectivity index (χ2v) is 6.29. The van der Waals surface area contributed by atoms with Gasteiger partial charge in [0.15, 0.2) is 11.3 Å². The zero-order valence-corrected chi connectivity index (χ0v) is 14.2. The van der Waals surface area contributed by atoms with Gasteiger partial charge in [0.2, 0.25) is 0 Å². The van der Waals surface area contributed by atoms with E-state index in [1.54, 1.807) is 36.9 Å². The molecular weight excluding hydrogens is 341 g/mol. The monoisotopic (exact) mass is 355 g/mol. The first-order valence-corrected chi connectivity index (χ1v) is 8.54. The van der Waals surface area contributed by atoms with E-state index in [0.717, 1.165) is 16.5 Å². The van der Waals surface area contributed by atoms with Crippen LogP contribution in [0.3, 0.4) is 0 Å². The summed E-state index contributed by atoms with van der Waals surface area (Å²) >= 11 is 0. The number of aromatic nitrogens is 5. The molecule has 27 heavy (non-hydrogen) atoms. The van der Waals surface area contributed by atoms with Crippen molar-refractivity contribution in [2.45, 2.75) is 6.54 Å². The molecule has 5 nitrogen and oxygen atoms in total. The number of pyridine rings is 1. The van der Waals surface area contributed by atoms with E-state index in [1.807, 2.05) is 28.8 Å². The van der Waals surface area contributed by atoms with Crippen LogP contribution in [0.2, 0.25) is 0 Å². The number of hydrogen-bond donors (Lipinski definition) is 0. The molecular formula is C21H14FN5. The summed E-state index contributed by atoms with van der Waals surface area (Å²) in [6, 6.07) is 16.6. The third kappa shape index (κ3) is 2.81. The van der Waals surface area contributed by atoms with Crippen LogP contribution in [-0.2, 0) is 6.54 Å². The highest BCUT2D eigenvalue weighted by Crippen LogP contribution is 2.22. The summed E-state index contributed by atoms with van der Waals surface area (Å²) in [6.45, 7) is 0.594. The highest BCUT2D eigenvalue weighted by Gasteiger charge is 2.11. The Morgan fingerprint density at radius 3 is 2.78 bits per heavy atom. The predicted octanol–water partition coefficient (Wildman–Crippen LogP) is 4.23. The molecule has 3 heterocycles. The fourth-order valence-electron chi connectivity index (χ4n) is 3.17. The smallest absolute Gasteiger partial charge is 0.197 e. The predicted molar refractivity (Wildman–Crippen MR) is 102 cm³/mol. The van der Waals surface area contributed by atoms with Crippen LogP contribution in [0.15, 0.2) is 73.3 Å². The van der Waals surface area contributed by atoms with Crippen LogP contribution < -0.4 is 0 Å². The Morgan fingerprint density at radius 2 is 1.85 bits per heavy atom. The Hall–Kier alpha value is -3.67. The van der Waals surface area contributed by atoms with Gasteiger partial charge < -0.3 is 4.57 Å². The zero-order chi connectivity index (χ0) is 18.2. The maximum Gasteiger partial charge on any atom is 0.197 e. The van der Waals surface area contributed by atoms with Crippen molar-refractivity contribution in [2.24, 2.45) is 0 Å². The van der Waals surface area contributed by atoms with E-state index >= 15 is 0 Å². The van der Waals surface area contributed by atoms with Crippen LogP contribution in [0.4, 0.5) is 4.39 Å². The minimum atomic E-state index is -0.320. The molecule has 5 rings (SSSR count). The van der Waals surface area contributed by atoms with E-state index in [4.69, 9.17) is 0 Å². The number of nitrogens with zero attached hydrogens (tertiary/aromatic N) is 5. The van der Waals surface area contributed by atoms with Crippen molar-refractivity contribution in [3.8, 4) is 11.3 Å². The Bertz CT molecular complexity index is 1280. The van der Waals surface area contributed by atoms with E-state index < -0.39 is 0 Å². The van der Waals surface area contributed by atoms with Crippen molar-refractivity contribution >= 4 is 22.2 Å². The minimum absolute atomic E-state index is 0.320. The van der Waals surface area contributed by atoms with Gasteiger partial charge in [0, 0.05) is 17.1 Å². The Labute approximate surface area is 154 Å². The van der Waals surface area contributed by atoms with Gasteiger partial charge >= 0.3 is 0 Å². The molecule has 0 unspecified atom stereocenters. The first kappa shape index (κ1) is 15.6. The number of benzene rings is 2. The lowest BCUT2D eigenvalue weighted by Gasteiger charge is -2.07. The minimum Gasteiger partial charge on any atom is -0.309 e. The van der Waals surface area contributed by atoms with E-state index in [1.165, 1.54) is 6.07 Å². The van der Waals surface area contributed by atoms with Gasteiger partial charge in [0.25, 0.3) is 0 Å². The van der Waals surface area contributed by atoms with E-state index in [2.05, 4.69) is 26.0 Å². The van der Waals surface area contributed by atoms with E-state index in [0.29, 0.717) is 29.1 Å². The van der Waals surface area contributed by atoms with Gasteiger partial charge in [-0.2, -0.15) is 0 Å². The molecule has 0 fully saturated rings. The van der Waals surface area contributed by atoms with E-state index in [-0.39, 0.29) is 5.82 Å². The molecule has 0 atom stereocenters. The topological polar surface area (TPSA) is 56.5 Å². The third-order valence-electron chi connectivity index (χ3n) is 4.50. The molecule has 0 aliphatic heterocycles.